The number of fused-ring (bicyclic) bond motifs is 1. The molecule has 1 fully saturated rings. The number of imidazole rings is 1. The van der Waals surface area contributed by atoms with Crippen molar-refractivity contribution in [3.05, 3.63) is 36.0 Å². The Morgan fingerprint density at radius 1 is 1.22 bits per heavy atom. The predicted octanol–water partition coefficient (Wildman–Crippen LogP) is 3.69. The molecule has 2 heterocycles. The first kappa shape index (κ1) is 14.7. The Hall–Kier alpha value is -1.92. The van der Waals surface area contributed by atoms with Crippen LogP contribution in [0.3, 0.4) is 0 Å². The average molecular weight is 328 g/mol. The fourth-order valence-electron chi connectivity index (χ4n) is 3.22. The minimum Gasteiger partial charge on any atom is -0.392 e. The van der Waals surface area contributed by atoms with Crippen molar-refractivity contribution in [1.82, 2.24) is 14.6 Å². The predicted molar refractivity (Wildman–Crippen MR) is 92.7 cm³/mol. The van der Waals surface area contributed by atoms with Gasteiger partial charge in [0.15, 0.2) is 0 Å². The summed E-state index contributed by atoms with van der Waals surface area (Å²) < 4.78 is 1.83. The van der Waals surface area contributed by atoms with E-state index < -0.39 is 0 Å². The molecule has 0 aliphatic heterocycles. The molecule has 0 amide bonds. The molecule has 3 aromatic rings. The zero-order chi connectivity index (χ0) is 15.6. The van der Waals surface area contributed by atoms with Crippen LogP contribution in [0, 0.1) is 0 Å². The normalized spacial score (nSPS) is 16.0. The van der Waals surface area contributed by atoms with Crippen LogP contribution in [0.15, 0.2) is 30.5 Å². The van der Waals surface area contributed by atoms with Crippen LogP contribution in [0.4, 0.5) is 5.13 Å². The molecule has 1 saturated carbocycles. The lowest BCUT2D eigenvalue weighted by Gasteiger charge is -2.21. The third kappa shape index (κ3) is 2.96. The van der Waals surface area contributed by atoms with Gasteiger partial charge in [-0.15, -0.1) is 5.10 Å². The van der Waals surface area contributed by atoms with E-state index in [2.05, 4.69) is 15.4 Å². The molecule has 6 heteroatoms. The Bertz CT molecular complexity index is 772. The van der Waals surface area contributed by atoms with E-state index in [1.807, 2.05) is 35.0 Å². The highest BCUT2D eigenvalue weighted by Gasteiger charge is 2.16. The lowest BCUT2D eigenvalue weighted by molar-refractivity contribution is 0.282. The van der Waals surface area contributed by atoms with Crippen molar-refractivity contribution in [1.29, 1.82) is 0 Å². The van der Waals surface area contributed by atoms with Crippen LogP contribution in [-0.4, -0.2) is 25.7 Å². The van der Waals surface area contributed by atoms with Crippen LogP contribution >= 0.6 is 11.3 Å². The van der Waals surface area contributed by atoms with E-state index in [9.17, 15) is 5.11 Å². The second-order valence-corrected chi connectivity index (χ2v) is 7.01. The molecule has 0 bridgehead atoms. The topological polar surface area (TPSA) is 62.5 Å². The standard InChI is InChI=1S/C17H20N4OS/c22-11-12-6-4-5-9-14(12)15-10-21-17(19-15)23-16(20-21)18-13-7-2-1-3-8-13/h4-6,9-10,13,22H,1-3,7-8,11H2,(H,18,20). The molecule has 2 N–H and O–H groups in total. The highest BCUT2D eigenvalue weighted by Crippen LogP contribution is 2.28. The summed E-state index contributed by atoms with van der Waals surface area (Å²) in [6, 6.07) is 8.35. The fraction of sp³-hybridized carbons (Fsp3) is 0.412. The highest BCUT2D eigenvalue weighted by molar-refractivity contribution is 7.20. The summed E-state index contributed by atoms with van der Waals surface area (Å²) in [5.74, 6) is 0. The van der Waals surface area contributed by atoms with Crippen LogP contribution in [0.1, 0.15) is 37.7 Å². The molecule has 1 aromatic carbocycles. The first-order valence-electron chi connectivity index (χ1n) is 8.15. The monoisotopic (exact) mass is 328 g/mol. The summed E-state index contributed by atoms with van der Waals surface area (Å²) in [5.41, 5.74) is 2.71. The Kier molecular flexibility index (Phi) is 4.01. The Morgan fingerprint density at radius 3 is 2.83 bits per heavy atom. The number of aliphatic hydroxyl groups is 1. The van der Waals surface area contributed by atoms with Crippen molar-refractivity contribution in [2.24, 2.45) is 0 Å². The summed E-state index contributed by atoms with van der Waals surface area (Å²) >= 11 is 1.59. The number of nitrogens with one attached hydrogen (secondary N) is 1. The van der Waals surface area contributed by atoms with Gasteiger partial charge in [0.2, 0.25) is 10.1 Å². The molecular weight excluding hydrogens is 308 g/mol. The fourth-order valence-corrected chi connectivity index (χ4v) is 4.08. The molecule has 0 saturated heterocycles. The molecule has 0 unspecified atom stereocenters. The van der Waals surface area contributed by atoms with Gasteiger partial charge in [0.25, 0.3) is 0 Å². The number of rotatable bonds is 4. The van der Waals surface area contributed by atoms with Crippen LogP contribution in [0.5, 0.6) is 0 Å². The van der Waals surface area contributed by atoms with Gasteiger partial charge < -0.3 is 10.4 Å². The first-order chi connectivity index (χ1) is 11.3. The minimum absolute atomic E-state index is 0.0171. The number of hydrogen-bond acceptors (Lipinski definition) is 5. The van der Waals surface area contributed by atoms with Gasteiger partial charge in [0.1, 0.15) is 0 Å². The number of anilines is 1. The van der Waals surface area contributed by atoms with Crippen molar-refractivity contribution >= 4 is 21.4 Å². The lowest BCUT2D eigenvalue weighted by atomic mass is 9.96. The third-order valence-electron chi connectivity index (χ3n) is 4.44. The number of nitrogens with zero attached hydrogens (tertiary/aromatic N) is 3. The molecule has 5 nitrogen and oxygen atoms in total. The van der Waals surface area contributed by atoms with Crippen LogP contribution in [0.2, 0.25) is 0 Å². The molecular formula is C17H20N4OS. The van der Waals surface area contributed by atoms with Crippen molar-refractivity contribution < 1.29 is 5.11 Å². The molecule has 23 heavy (non-hydrogen) atoms. The van der Waals surface area contributed by atoms with E-state index in [1.165, 1.54) is 32.1 Å². The van der Waals surface area contributed by atoms with Crippen molar-refractivity contribution in [3.8, 4) is 11.3 Å². The summed E-state index contributed by atoms with van der Waals surface area (Å²) in [6.07, 6.45) is 8.37. The Labute approximate surface area is 139 Å². The van der Waals surface area contributed by atoms with Crippen molar-refractivity contribution in [3.63, 3.8) is 0 Å². The SMILES string of the molecule is OCc1ccccc1-c1cn2nc(NC3CCCCC3)sc2n1. The van der Waals surface area contributed by atoms with E-state index in [1.54, 1.807) is 11.3 Å². The maximum Gasteiger partial charge on any atom is 0.214 e. The van der Waals surface area contributed by atoms with Crippen LogP contribution < -0.4 is 5.32 Å². The summed E-state index contributed by atoms with van der Waals surface area (Å²) in [5, 5.41) is 18.6. The van der Waals surface area contributed by atoms with Gasteiger partial charge in [-0.1, -0.05) is 54.9 Å². The lowest BCUT2D eigenvalue weighted by Crippen LogP contribution is -2.22. The van der Waals surface area contributed by atoms with E-state index >= 15 is 0 Å². The van der Waals surface area contributed by atoms with E-state index in [0.717, 1.165) is 26.9 Å². The molecule has 1 aliphatic carbocycles. The average Bonchev–Trinajstić information content (AvgIpc) is 3.14. The molecule has 4 rings (SSSR count). The molecule has 0 spiro atoms. The van der Waals surface area contributed by atoms with Gasteiger partial charge in [-0.25, -0.2) is 9.50 Å². The largest absolute Gasteiger partial charge is 0.392 e. The maximum atomic E-state index is 9.47. The Balaban J connectivity index is 1.59. The van der Waals surface area contributed by atoms with Gasteiger partial charge >= 0.3 is 0 Å². The molecule has 0 radical (unpaired) electrons. The summed E-state index contributed by atoms with van der Waals surface area (Å²) in [6.45, 7) is 0.0171. The Morgan fingerprint density at radius 2 is 2.04 bits per heavy atom. The van der Waals surface area contributed by atoms with Gasteiger partial charge in [0, 0.05) is 11.6 Å². The maximum absolute atomic E-state index is 9.47. The molecule has 1 aliphatic rings. The van der Waals surface area contributed by atoms with E-state index in [4.69, 9.17) is 0 Å². The zero-order valence-corrected chi connectivity index (χ0v) is 13.7. The molecule has 120 valence electrons. The first-order valence-corrected chi connectivity index (χ1v) is 8.97. The van der Waals surface area contributed by atoms with E-state index in [-0.39, 0.29) is 6.61 Å². The third-order valence-corrected chi connectivity index (χ3v) is 5.29. The van der Waals surface area contributed by atoms with Crippen molar-refractivity contribution in [2.45, 2.75) is 44.8 Å². The second-order valence-electron chi connectivity index (χ2n) is 6.06. The van der Waals surface area contributed by atoms with Crippen LogP contribution in [-0.2, 0) is 6.61 Å². The van der Waals surface area contributed by atoms with Gasteiger partial charge in [-0.05, 0) is 18.4 Å². The summed E-state index contributed by atoms with van der Waals surface area (Å²) in [4.78, 5) is 5.55. The second kappa shape index (κ2) is 6.29. The van der Waals surface area contributed by atoms with Crippen LogP contribution in [0.25, 0.3) is 16.2 Å². The van der Waals surface area contributed by atoms with Gasteiger partial charge in [0.05, 0.1) is 18.5 Å². The summed E-state index contributed by atoms with van der Waals surface area (Å²) in [7, 11) is 0. The number of aliphatic hydroxyl groups excluding tert-OH is 1. The highest BCUT2D eigenvalue weighted by atomic mass is 32.1. The van der Waals surface area contributed by atoms with Gasteiger partial charge in [-0.3, -0.25) is 0 Å². The zero-order valence-electron chi connectivity index (χ0n) is 12.9. The van der Waals surface area contributed by atoms with Crippen molar-refractivity contribution in [2.75, 3.05) is 5.32 Å². The number of benzene rings is 1. The minimum atomic E-state index is 0.0171. The van der Waals surface area contributed by atoms with E-state index in [0.29, 0.717) is 6.04 Å². The van der Waals surface area contributed by atoms with Gasteiger partial charge in [-0.2, -0.15) is 0 Å². The number of aromatic nitrogens is 3. The number of hydrogen-bond donors (Lipinski definition) is 2. The smallest absolute Gasteiger partial charge is 0.214 e. The quantitative estimate of drug-likeness (QED) is 0.766. The molecule has 2 aromatic heterocycles. The molecule has 0 atom stereocenters.